The summed E-state index contributed by atoms with van der Waals surface area (Å²) in [6.45, 7) is 9.43. The summed E-state index contributed by atoms with van der Waals surface area (Å²) in [5, 5.41) is 3.43. The molecule has 1 saturated heterocycles. The zero-order valence-electron chi connectivity index (χ0n) is 8.18. The summed E-state index contributed by atoms with van der Waals surface area (Å²) >= 11 is 0. The molecular formula is C9H21ClN2. The van der Waals surface area contributed by atoms with Crippen molar-refractivity contribution in [3.63, 3.8) is 0 Å². The number of nitrogens with one attached hydrogen (secondary N) is 1. The Kier molecular flexibility index (Phi) is 6.81. The van der Waals surface area contributed by atoms with Crippen LogP contribution >= 0.6 is 12.4 Å². The summed E-state index contributed by atoms with van der Waals surface area (Å²) in [5.74, 6) is 0. The molecule has 0 aromatic rings. The highest BCUT2D eigenvalue weighted by Gasteiger charge is 2.18. The molecule has 1 aliphatic heterocycles. The third-order valence-corrected chi connectivity index (χ3v) is 2.45. The zero-order valence-corrected chi connectivity index (χ0v) is 8.99. The molecule has 74 valence electrons. The minimum absolute atomic E-state index is 0. The van der Waals surface area contributed by atoms with Crippen LogP contribution < -0.4 is 5.32 Å². The van der Waals surface area contributed by atoms with Gasteiger partial charge in [-0.2, -0.15) is 0 Å². The highest BCUT2D eigenvalue weighted by Crippen LogP contribution is 2.06. The van der Waals surface area contributed by atoms with Gasteiger partial charge in [0.15, 0.2) is 0 Å². The maximum Gasteiger partial charge on any atom is 0.0218 e. The molecule has 0 unspecified atom stereocenters. The van der Waals surface area contributed by atoms with E-state index in [0.29, 0.717) is 0 Å². The first kappa shape index (κ1) is 12.2. The van der Waals surface area contributed by atoms with Crippen molar-refractivity contribution in [2.45, 2.75) is 32.7 Å². The van der Waals surface area contributed by atoms with Gasteiger partial charge in [-0.25, -0.2) is 0 Å². The molecule has 1 atom stereocenters. The lowest BCUT2D eigenvalue weighted by atomic mass is 10.1. The first-order valence-electron chi connectivity index (χ1n) is 4.83. The summed E-state index contributed by atoms with van der Waals surface area (Å²) in [4.78, 5) is 2.61. The fourth-order valence-electron chi connectivity index (χ4n) is 1.79. The van der Waals surface area contributed by atoms with E-state index in [1.54, 1.807) is 0 Å². The van der Waals surface area contributed by atoms with Gasteiger partial charge in [0.25, 0.3) is 0 Å². The molecule has 1 rings (SSSR count). The van der Waals surface area contributed by atoms with Gasteiger partial charge in [-0.15, -0.1) is 12.4 Å². The maximum atomic E-state index is 3.43. The average molecular weight is 193 g/mol. The molecule has 0 saturated carbocycles. The molecule has 1 aliphatic rings. The van der Waals surface area contributed by atoms with Gasteiger partial charge in [0.2, 0.25) is 0 Å². The topological polar surface area (TPSA) is 15.3 Å². The number of halogens is 1. The Bertz CT molecular complexity index is 107. The molecule has 1 N–H and O–H groups in total. The van der Waals surface area contributed by atoms with Gasteiger partial charge in [-0.05, 0) is 19.4 Å². The van der Waals surface area contributed by atoms with Gasteiger partial charge in [-0.1, -0.05) is 13.8 Å². The lowest BCUT2D eigenvalue weighted by Crippen LogP contribution is -2.50. The Morgan fingerprint density at radius 2 is 2.17 bits per heavy atom. The van der Waals surface area contributed by atoms with Crippen LogP contribution in [0.4, 0.5) is 0 Å². The Morgan fingerprint density at radius 3 is 2.75 bits per heavy atom. The summed E-state index contributed by atoms with van der Waals surface area (Å²) < 4.78 is 0. The van der Waals surface area contributed by atoms with Crippen LogP contribution in [0.2, 0.25) is 0 Å². The van der Waals surface area contributed by atoms with E-state index < -0.39 is 0 Å². The highest BCUT2D eigenvalue weighted by atomic mass is 35.5. The molecule has 12 heavy (non-hydrogen) atoms. The van der Waals surface area contributed by atoms with Crippen molar-refractivity contribution in [1.29, 1.82) is 0 Å². The number of hydrogen-bond acceptors (Lipinski definition) is 2. The SMILES string of the molecule is CCCN1CCNC[C@H]1CC.Cl. The summed E-state index contributed by atoms with van der Waals surface area (Å²) in [7, 11) is 0. The van der Waals surface area contributed by atoms with Gasteiger partial charge in [0, 0.05) is 25.7 Å². The molecule has 0 aliphatic carbocycles. The van der Waals surface area contributed by atoms with Crippen LogP contribution in [0, 0.1) is 0 Å². The van der Waals surface area contributed by atoms with E-state index in [1.165, 1.54) is 39.0 Å². The third kappa shape index (κ3) is 3.30. The van der Waals surface area contributed by atoms with E-state index >= 15 is 0 Å². The molecule has 0 radical (unpaired) electrons. The van der Waals surface area contributed by atoms with Crippen molar-refractivity contribution in [3.8, 4) is 0 Å². The van der Waals surface area contributed by atoms with Gasteiger partial charge < -0.3 is 5.32 Å². The fraction of sp³-hybridized carbons (Fsp3) is 1.00. The molecule has 1 heterocycles. The standard InChI is InChI=1S/C9H20N2.ClH/c1-3-6-11-7-5-10-8-9(11)4-2;/h9-10H,3-8H2,1-2H3;1H/t9-;/m1./s1. The van der Waals surface area contributed by atoms with Crippen LogP contribution in [0.3, 0.4) is 0 Å². The fourth-order valence-corrected chi connectivity index (χ4v) is 1.79. The highest BCUT2D eigenvalue weighted by molar-refractivity contribution is 5.85. The van der Waals surface area contributed by atoms with Crippen molar-refractivity contribution in [2.24, 2.45) is 0 Å². The Balaban J connectivity index is 0.00000121. The van der Waals surface area contributed by atoms with Crippen molar-refractivity contribution < 1.29 is 0 Å². The first-order chi connectivity index (χ1) is 5.38. The third-order valence-electron chi connectivity index (χ3n) is 2.45. The van der Waals surface area contributed by atoms with Gasteiger partial charge >= 0.3 is 0 Å². The smallest absolute Gasteiger partial charge is 0.0218 e. The van der Waals surface area contributed by atoms with Crippen molar-refractivity contribution in [1.82, 2.24) is 10.2 Å². The lowest BCUT2D eigenvalue weighted by Gasteiger charge is -2.35. The van der Waals surface area contributed by atoms with E-state index in [-0.39, 0.29) is 12.4 Å². The van der Waals surface area contributed by atoms with Crippen LogP contribution in [-0.4, -0.2) is 37.1 Å². The van der Waals surface area contributed by atoms with Crippen LogP contribution in [0.25, 0.3) is 0 Å². The molecule has 0 aromatic carbocycles. The molecule has 3 heteroatoms. The Morgan fingerprint density at radius 1 is 1.42 bits per heavy atom. The Hall–Kier alpha value is 0.210. The normalized spacial score (nSPS) is 25.0. The van der Waals surface area contributed by atoms with Gasteiger partial charge in [0.05, 0.1) is 0 Å². The number of rotatable bonds is 3. The first-order valence-corrected chi connectivity index (χ1v) is 4.83. The largest absolute Gasteiger partial charge is 0.314 e. The molecule has 2 nitrogen and oxygen atoms in total. The van der Waals surface area contributed by atoms with Crippen LogP contribution in [0.5, 0.6) is 0 Å². The Labute approximate surface area is 82.1 Å². The predicted molar refractivity (Wildman–Crippen MR) is 56.1 cm³/mol. The molecule has 1 fully saturated rings. The maximum absolute atomic E-state index is 3.43. The quantitative estimate of drug-likeness (QED) is 0.730. The summed E-state index contributed by atoms with van der Waals surface area (Å²) in [6, 6.07) is 0.795. The molecular weight excluding hydrogens is 172 g/mol. The second-order valence-corrected chi connectivity index (χ2v) is 3.30. The van der Waals surface area contributed by atoms with E-state index in [9.17, 15) is 0 Å². The molecule has 0 amide bonds. The number of piperazine rings is 1. The molecule has 0 aromatic heterocycles. The minimum Gasteiger partial charge on any atom is -0.314 e. The summed E-state index contributed by atoms with van der Waals surface area (Å²) in [5.41, 5.74) is 0. The van der Waals surface area contributed by atoms with E-state index in [2.05, 4.69) is 24.1 Å². The predicted octanol–water partition coefficient (Wildman–Crippen LogP) is 1.50. The lowest BCUT2D eigenvalue weighted by molar-refractivity contribution is 0.157. The van der Waals surface area contributed by atoms with Crippen molar-refractivity contribution in [3.05, 3.63) is 0 Å². The van der Waals surface area contributed by atoms with Crippen LogP contribution in [0.15, 0.2) is 0 Å². The summed E-state index contributed by atoms with van der Waals surface area (Å²) in [6.07, 6.45) is 2.57. The average Bonchev–Trinajstić information content (AvgIpc) is 2.06. The van der Waals surface area contributed by atoms with Crippen LogP contribution in [-0.2, 0) is 0 Å². The number of nitrogens with zero attached hydrogens (tertiary/aromatic N) is 1. The van der Waals surface area contributed by atoms with Gasteiger partial charge in [0.1, 0.15) is 0 Å². The van der Waals surface area contributed by atoms with Crippen molar-refractivity contribution in [2.75, 3.05) is 26.2 Å². The second-order valence-electron chi connectivity index (χ2n) is 3.30. The molecule has 0 bridgehead atoms. The number of hydrogen-bond donors (Lipinski definition) is 1. The van der Waals surface area contributed by atoms with Crippen LogP contribution in [0.1, 0.15) is 26.7 Å². The van der Waals surface area contributed by atoms with Crippen molar-refractivity contribution >= 4 is 12.4 Å². The van der Waals surface area contributed by atoms with Gasteiger partial charge in [-0.3, -0.25) is 4.90 Å². The molecule has 0 spiro atoms. The second kappa shape index (κ2) is 6.70. The van der Waals surface area contributed by atoms with E-state index in [4.69, 9.17) is 0 Å². The monoisotopic (exact) mass is 192 g/mol. The zero-order chi connectivity index (χ0) is 8.10. The minimum atomic E-state index is 0. The van der Waals surface area contributed by atoms with E-state index in [1.807, 2.05) is 0 Å². The van der Waals surface area contributed by atoms with E-state index in [0.717, 1.165) is 6.04 Å².